The maximum Gasteiger partial charge on any atom is 0.231 e. The molecular formula is C17H28IN3O4S. The largest absolute Gasteiger partial charge is 0.454 e. The van der Waals surface area contributed by atoms with Gasteiger partial charge in [0, 0.05) is 27.2 Å². The lowest BCUT2D eigenvalue weighted by Crippen LogP contribution is -2.42. The highest BCUT2D eigenvalue weighted by atomic mass is 127. The molecule has 7 nitrogen and oxygen atoms in total. The number of ether oxygens (including phenoxy) is 2. The molecule has 2 rings (SSSR count). The van der Waals surface area contributed by atoms with E-state index in [1.54, 1.807) is 27.8 Å². The fourth-order valence-electron chi connectivity index (χ4n) is 2.38. The average molecular weight is 497 g/mol. The quantitative estimate of drug-likeness (QED) is 0.382. The Hall–Kier alpha value is -1.23. The first-order valence-corrected chi connectivity index (χ1v) is 9.82. The summed E-state index contributed by atoms with van der Waals surface area (Å²) in [5, 5.41) is 3.11. The van der Waals surface area contributed by atoms with Crippen LogP contribution < -0.4 is 14.8 Å². The van der Waals surface area contributed by atoms with Crippen molar-refractivity contribution >= 4 is 39.8 Å². The van der Waals surface area contributed by atoms with Crippen molar-refractivity contribution in [1.82, 2.24) is 10.2 Å². The summed E-state index contributed by atoms with van der Waals surface area (Å²) in [7, 11) is 0.419. The number of nitrogens with one attached hydrogen (secondary N) is 1. The van der Waals surface area contributed by atoms with Crippen LogP contribution in [0.3, 0.4) is 0 Å². The minimum atomic E-state index is -3.16. The number of hydrogen-bond donors (Lipinski definition) is 1. The fraction of sp³-hybridized carbons (Fsp3) is 0.588. The summed E-state index contributed by atoms with van der Waals surface area (Å²) >= 11 is 0. The number of sulfone groups is 1. The second kappa shape index (κ2) is 9.12. The van der Waals surface area contributed by atoms with Crippen LogP contribution in [0.5, 0.6) is 11.5 Å². The van der Waals surface area contributed by atoms with Crippen molar-refractivity contribution in [1.29, 1.82) is 0 Å². The molecule has 0 spiro atoms. The molecule has 1 aliphatic heterocycles. The van der Waals surface area contributed by atoms with Gasteiger partial charge in [0.2, 0.25) is 6.79 Å². The molecule has 0 saturated carbocycles. The summed E-state index contributed by atoms with van der Waals surface area (Å²) in [6.45, 7) is 6.31. The van der Waals surface area contributed by atoms with Gasteiger partial charge in [-0.2, -0.15) is 0 Å². The number of aliphatic imine (C=N–C) groups is 1. The van der Waals surface area contributed by atoms with Crippen molar-refractivity contribution < 1.29 is 17.9 Å². The molecule has 1 N–H and O–H groups in total. The first-order valence-electron chi connectivity index (χ1n) is 8.16. The Morgan fingerprint density at radius 2 is 1.92 bits per heavy atom. The molecule has 148 valence electrons. The van der Waals surface area contributed by atoms with E-state index >= 15 is 0 Å². The zero-order valence-electron chi connectivity index (χ0n) is 15.9. The predicted molar refractivity (Wildman–Crippen MR) is 114 cm³/mol. The lowest BCUT2D eigenvalue weighted by atomic mass is 10.2. The van der Waals surface area contributed by atoms with Gasteiger partial charge in [-0.15, -0.1) is 24.0 Å². The third-order valence-electron chi connectivity index (χ3n) is 4.02. The molecule has 0 atom stereocenters. The molecular weight excluding hydrogens is 469 g/mol. The summed E-state index contributed by atoms with van der Waals surface area (Å²) < 4.78 is 34.3. The molecule has 9 heteroatoms. The van der Waals surface area contributed by atoms with Gasteiger partial charge in [-0.1, -0.05) is 6.07 Å². The van der Waals surface area contributed by atoms with Gasteiger partial charge in [0.15, 0.2) is 27.3 Å². The highest BCUT2D eigenvalue weighted by Crippen LogP contribution is 2.32. The Balaban J connectivity index is 0.00000338. The van der Waals surface area contributed by atoms with Gasteiger partial charge in [-0.3, -0.25) is 4.99 Å². The Labute approximate surface area is 173 Å². The van der Waals surface area contributed by atoms with Gasteiger partial charge >= 0.3 is 0 Å². The number of fused-ring (bicyclic) bond motifs is 1. The molecule has 1 aromatic rings. The Bertz CT molecular complexity index is 745. The SMILES string of the molecule is CN=C(NCCS(=O)(=O)C(C)(C)C)N(C)Cc1ccc2c(c1)OCO2.I. The maximum absolute atomic E-state index is 12.2. The van der Waals surface area contributed by atoms with Crippen molar-refractivity contribution in [3.63, 3.8) is 0 Å². The van der Waals surface area contributed by atoms with Crippen LogP contribution >= 0.6 is 24.0 Å². The minimum Gasteiger partial charge on any atom is -0.454 e. The number of guanidine groups is 1. The Morgan fingerprint density at radius 1 is 1.27 bits per heavy atom. The van der Waals surface area contributed by atoms with E-state index in [0.29, 0.717) is 19.0 Å². The van der Waals surface area contributed by atoms with Gasteiger partial charge in [0.05, 0.1) is 10.5 Å². The number of hydrogen-bond acceptors (Lipinski definition) is 5. The molecule has 0 unspecified atom stereocenters. The molecule has 0 radical (unpaired) electrons. The van der Waals surface area contributed by atoms with Gasteiger partial charge in [-0.05, 0) is 38.5 Å². The van der Waals surface area contributed by atoms with Crippen LogP contribution in [-0.2, 0) is 16.4 Å². The van der Waals surface area contributed by atoms with Crippen molar-refractivity contribution in [3.05, 3.63) is 23.8 Å². The predicted octanol–water partition coefficient (Wildman–Crippen LogP) is 2.25. The van der Waals surface area contributed by atoms with Crippen molar-refractivity contribution in [2.75, 3.05) is 33.2 Å². The summed E-state index contributed by atoms with van der Waals surface area (Å²) in [4.78, 5) is 6.15. The van der Waals surface area contributed by atoms with Crippen LogP contribution in [0, 0.1) is 0 Å². The number of nitrogens with zero attached hydrogens (tertiary/aromatic N) is 2. The molecule has 1 aliphatic rings. The summed E-state index contributed by atoms with van der Waals surface area (Å²) in [5.74, 6) is 2.20. The average Bonchev–Trinajstić information content (AvgIpc) is 2.97. The molecule has 0 aliphatic carbocycles. The van der Waals surface area contributed by atoms with E-state index < -0.39 is 14.6 Å². The second-order valence-corrected chi connectivity index (χ2v) is 9.81. The Morgan fingerprint density at radius 3 is 2.54 bits per heavy atom. The molecule has 1 aromatic carbocycles. The topological polar surface area (TPSA) is 80.2 Å². The second-order valence-electron chi connectivity index (χ2n) is 6.95. The molecule has 1 heterocycles. The van der Waals surface area contributed by atoms with Crippen LogP contribution in [0.4, 0.5) is 0 Å². The van der Waals surface area contributed by atoms with E-state index in [0.717, 1.165) is 17.1 Å². The van der Waals surface area contributed by atoms with E-state index in [-0.39, 0.29) is 36.5 Å². The van der Waals surface area contributed by atoms with Crippen LogP contribution in [0.25, 0.3) is 0 Å². The van der Waals surface area contributed by atoms with Crippen LogP contribution in [0.15, 0.2) is 23.2 Å². The van der Waals surface area contributed by atoms with Crippen LogP contribution in [0.1, 0.15) is 26.3 Å². The minimum absolute atomic E-state index is 0. The molecule has 0 fully saturated rings. The van der Waals surface area contributed by atoms with Crippen LogP contribution in [-0.4, -0.2) is 57.2 Å². The maximum atomic E-state index is 12.2. The molecule has 0 aromatic heterocycles. The molecule has 0 amide bonds. The lowest BCUT2D eigenvalue weighted by molar-refractivity contribution is 0.174. The molecule has 0 bridgehead atoms. The number of halogens is 1. The van der Waals surface area contributed by atoms with E-state index in [1.807, 2.05) is 30.1 Å². The monoisotopic (exact) mass is 497 g/mol. The van der Waals surface area contributed by atoms with Crippen LogP contribution in [0.2, 0.25) is 0 Å². The highest BCUT2D eigenvalue weighted by molar-refractivity contribution is 14.0. The van der Waals surface area contributed by atoms with Gasteiger partial charge < -0.3 is 19.7 Å². The number of rotatable bonds is 5. The van der Waals surface area contributed by atoms with Gasteiger partial charge in [-0.25, -0.2) is 8.42 Å². The zero-order valence-corrected chi connectivity index (χ0v) is 19.1. The van der Waals surface area contributed by atoms with Crippen molar-refractivity contribution in [3.8, 4) is 11.5 Å². The number of benzene rings is 1. The molecule has 26 heavy (non-hydrogen) atoms. The van der Waals surface area contributed by atoms with Gasteiger partial charge in [0.25, 0.3) is 0 Å². The normalized spacial score (nSPS) is 14.0. The summed E-state index contributed by atoms with van der Waals surface area (Å²) in [6.07, 6.45) is 0. The van der Waals surface area contributed by atoms with Crippen molar-refractivity contribution in [2.24, 2.45) is 4.99 Å². The zero-order chi connectivity index (χ0) is 18.7. The van der Waals surface area contributed by atoms with E-state index in [2.05, 4.69) is 10.3 Å². The lowest BCUT2D eigenvalue weighted by Gasteiger charge is -2.24. The molecule has 0 saturated heterocycles. The third kappa shape index (κ3) is 5.63. The van der Waals surface area contributed by atoms with Crippen molar-refractivity contribution in [2.45, 2.75) is 32.1 Å². The summed E-state index contributed by atoms with van der Waals surface area (Å²) in [5.41, 5.74) is 1.05. The first kappa shape index (κ1) is 22.8. The third-order valence-corrected chi connectivity index (χ3v) is 6.62. The van der Waals surface area contributed by atoms with E-state index in [1.165, 1.54) is 0 Å². The fourth-order valence-corrected chi connectivity index (χ4v) is 3.36. The van der Waals surface area contributed by atoms with Gasteiger partial charge in [0.1, 0.15) is 0 Å². The smallest absolute Gasteiger partial charge is 0.231 e. The Kier molecular flexibility index (Phi) is 8.00. The van der Waals surface area contributed by atoms with E-state index in [4.69, 9.17) is 9.47 Å². The van der Waals surface area contributed by atoms with E-state index in [9.17, 15) is 8.42 Å². The standard InChI is InChI=1S/C17H27N3O4S.HI/c1-17(2,3)25(21,22)9-8-19-16(18-4)20(5)11-13-6-7-14-15(10-13)24-12-23-14;/h6-7,10H,8-9,11-12H2,1-5H3,(H,18,19);1H. The summed E-state index contributed by atoms with van der Waals surface area (Å²) in [6, 6.07) is 5.80. The highest BCUT2D eigenvalue weighted by Gasteiger charge is 2.28. The first-order chi connectivity index (χ1) is 11.6.